The summed E-state index contributed by atoms with van der Waals surface area (Å²) in [6.45, 7) is 1.66. The zero-order valence-corrected chi connectivity index (χ0v) is 13.7. The molecule has 106 valence electrons. The first-order chi connectivity index (χ1) is 9.31. The van der Waals surface area contributed by atoms with E-state index in [0.717, 1.165) is 0 Å². The van der Waals surface area contributed by atoms with Gasteiger partial charge in [0.2, 0.25) is 0 Å². The van der Waals surface area contributed by atoms with Gasteiger partial charge in [-0.1, -0.05) is 17.7 Å². The van der Waals surface area contributed by atoms with E-state index in [0.29, 0.717) is 26.4 Å². The molecule has 7 heteroatoms. The van der Waals surface area contributed by atoms with E-state index in [4.69, 9.17) is 17.3 Å². The Kier molecular flexibility index (Phi) is 4.27. The summed E-state index contributed by atoms with van der Waals surface area (Å²) in [6.07, 6.45) is 0. The number of rotatable bonds is 3. The predicted molar refractivity (Wildman–Crippen MR) is 85.6 cm³/mol. The number of anilines is 2. The lowest BCUT2D eigenvalue weighted by molar-refractivity contribution is 0.600. The molecule has 0 aliphatic heterocycles. The zero-order chi connectivity index (χ0) is 14.9. The van der Waals surface area contributed by atoms with E-state index in [1.165, 1.54) is 12.1 Å². The summed E-state index contributed by atoms with van der Waals surface area (Å²) in [7, 11) is -3.72. The molecule has 0 aliphatic carbocycles. The van der Waals surface area contributed by atoms with Crippen molar-refractivity contribution in [2.24, 2.45) is 0 Å². The third-order valence-electron chi connectivity index (χ3n) is 2.79. The number of nitrogens with two attached hydrogens (primary N) is 1. The summed E-state index contributed by atoms with van der Waals surface area (Å²) in [4.78, 5) is 0.143. The van der Waals surface area contributed by atoms with Crippen molar-refractivity contribution in [1.29, 1.82) is 0 Å². The van der Waals surface area contributed by atoms with Crippen LogP contribution < -0.4 is 10.5 Å². The lowest BCUT2D eigenvalue weighted by atomic mass is 10.2. The van der Waals surface area contributed by atoms with Gasteiger partial charge < -0.3 is 5.73 Å². The average Bonchev–Trinajstić information content (AvgIpc) is 2.36. The molecule has 20 heavy (non-hydrogen) atoms. The van der Waals surface area contributed by atoms with E-state index >= 15 is 0 Å². The van der Waals surface area contributed by atoms with E-state index < -0.39 is 10.0 Å². The lowest BCUT2D eigenvalue weighted by Gasteiger charge is -2.13. The Hall–Kier alpha value is -1.24. The van der Waals surface area contributed by atoms with Gasteiger partial charge in [0.25, 0.3) is 10.0 Å². The van der Waals surface area contributed by atoms with Crippen molar-refractivity contribution < 1.29 is 8.42 Å². The molecule has 0 aliphatic rings. The Morgan fingerprint density at radius 1 is 1.25 bits per heavy atom. The maximum absolute atomic E-state index is 12.4. The highest BCUT2D eigenvalue weighted by molar-refractivity contribution is 9.10. The molecular weight excluding hydrogens is 364 g/mol. The molecule has 0 fully saturated rings. The standard InChI is InChI=1S/C13H12BrClN2O2S/c1-8-11(16)3-2-4-13(8)20(18,19)17-12-7-9(15)5-6-10(12)14/h2-7,17H,16H2,1H3. The molecule has 2 aromatic rings. The number of hydrogen-bond acceptors (Lipinski definition) is 3. The first-order valence-corrected chi connectivity index (χ1v) is 8.29. The van der Waals surface area contributed by atoms with Gasteiger partial charge in [-0.3, -0.25) is 4.72 Å². The molecule has 0 radical (unpaired) electrons. The van der Waals surface area contributed by atoms with Crippen molar-refractivity contribution in [2.45, 2.75) is 11.8 Å². The summed E-state index contributed by atoms with van der Waals surface area (Å²) in [6, 6.07) is 9.63. The van der Waals surface area contributed by atoms with Gasteiger partial charge in [0.05, 0.1) is 10.6 Å². The maximum atomic E-state index is 12.4. The van der Waals surface area contributed by atoms with Crippen molar-refractivity contribution in [3.05, 3.63) is 51.5 Å². The summed E-state index contributed by atoms with van der Waals surface area (Å²) < 4.78 is 27.9. The molecule has 0 saturated carbocycles. The molecule has 0 amide bonds. The van der Waals surface area contributed by atoms with Gasteiger partial charge in [0.1, 0.15) is 0 Å². The van der Waals surface area contributed by atoms with Crippen molar-refractivity contribution in [3.63, 3.8) is 0 Å². The van der Waals surface area contributed by atoms with Crippen LogP contribution in [-0.2, 0) is 10.0 Å². The average molecular weight is 376 g/mol. The Morgan fingerprint density at radius 3 is 2.65 bits per heavy atom. The number of nitrogen functional groups attached to an aromatic ring is 1. The fourth-order valence-corrected chi connectivity index (χ4v) is 3.69. The second kappa shape index (κ2) is 5.63. The highest BCUT2D eigenvalue weighted by atomic mass is 79.9. The molecule has 0 aromatic heterocycles. The molecular formula is C13H12BrClN2O2S. The van der Waals surface area contributed by atoms with Gasteiger partial charge in [0, 0.05) is 15.2 Å². The Labute approximate surface area is 131 Å². The van der Waals surface area contributed by atoms with Crippen LogP contribution in [0.1, 0.15) is 5.56 Å². The molecule has 4 nitrogen and oxygen atoms in total. The fourth-order valence-electron chi connectivity index (χ4n) is 1.70. The van der Waals surface area contributed by atoms with Crippen LogP contribution >= 0.6 is 27.5 Å². The molecule has 0 saturated heterocycles. The zero-order valence-electron chi connectivity index (χ0n) is 10.5. The van der Waals surface area contributed by atoms with E-state index in [9.17, 15) is 8.42 Å². The smallest absolute Gasteiger partial charge is 0.262 e. The third kappa shape index (κ3) is 3.08. The molecule has 0 spiro atoms. The van der Waals surface area contributed by atoms with Crippen molar-refractivity contribution in [2.75, 3.05) is 10.5 Å². The van der Waals surface area contributed by atoms with Gasteiger partial charge in [-0.05, 0) is 58.7 Å². The van der Waals surface area contributed by atoms with Gasteiger partial charge in [-0.25, -0.2) is 8.42 Å². The van der Waals surface area contributed by atoms with Crippen LogP contribution in [0.2, 0.25) is 5.02 Å². The van der Waals surface area contributed by atoms with E-state index in [-0.39, 0.29) is 4.90 Å². The van der Waals surface area contributed by atoms with Crippen LogP contribution in [0.4, 0.5) is 11.4 Å². The Bertz CT molecular complexity index is 763. The van der Waals surface area contributed by atoms with Crippen LogP contribution in [0, 0.1) is 6.92 Å². The molecule has 0 heterocycles. The summed E-state index contributed by atoms with van der Waals surface area (Å²) in [5.41, 5.74) is 7.06. The predicted octanol–water partition coefficient (Wildman–Crippen LogP) is 3.79. The summed E-state index contributed by atoms with van der Waals surface area (Å²) in [5, 5.41) is 0.440. The van der Waals surface area contributed by atoms with Gasteiger partial charge in [-0.2, -0.15) is 0 Å². The number of benzene rings is 2. The minimum atomic E-state index is -3.72. The second-order valence-electron chi connectivity index (χ2n) is 4.20. The van der Waals surface area contributed by atoms with E-state index in [1.807, 2.05) is 0 Å². The molecule has 0 unspecified atom stereocenters. The van der Waals surface area contributed by atoms with Gasteiger partial charge in [-0.15, -0.1) is 0 Å². The quantitative estimate of drug-likeness (QED) is 0.802. The van der Waals surface area contributed by atoms with Crippen molar-refractivity contribution in [1.82, 2.24) is 0 Å². The van der Waals surface area contributed by atoms with Crippen LogP contribution in [0.25, 0.3) is 0 Å². The number of halogens is 2. The fraction of sp³-hybridized carbons (Fsp3) is 0.0769. The van der Waals surface area contributed by atoms with Gasteiger partial charge in [0.15, 0.2) is 0 Å². The van der Waals surface area contributed by atoms with Gasteiger partial charge >= 0.3 is 0 Å². The Balaban J connectivity index is 2.46. The Morgan fingerprint density at radius 2 is 1.95 bits per heavy atom. The first-order valence-electron chi connectivity index (χ1n) is 5.64. The third-order valence-corrected chi connectivity index (χ3v) is 5.22. The summed E-state index contributed by atoms with van der Waals surface area (Å²) in [5.74, 6) is 0. The topological polar surface area (TPSA) is 72.2 Å². The summed E-state index contributed by atoms with van der Waals surface area (Å²) >= 11 is 9.15. The van der Waals surface area contributed by atoms with E-state index in [1.54, 1.807) is 31.2 Å². The minimum Gasteiger partial charge on any atom is -0.398 e. The normalized spacial score (nSPS) is 11.3. The van der Waals surface area contributed by atoms with Crippen molar-refractivity contribution >= 4 is 48.9 Å². The molecule has 0 atom stereocenters. The number of hydrogen-bond donors (Lipinski definition) is 2. The largest absolute Gasteiger partial charge is 0.398 e. The monoisotopic (exact) mass is 374 g/mol. The highest BCUT2D eigenvalue weighted by Gasteiger charge is 2.19. The first kappa shape index (κ1) is 15.2. The molecule has 2 rings (SSSR count). The number of sulfonamides is 1. The molecule has 0 bridgehead atoms. The van der Waals surface area contributed by atoms with Crippen LogP contribution in [0.5, 0.6) is 0 Å². The van der Waals surface area contributed by atoms with E-state index in [2.05, 4.69) is 20.7 Å². The molecule has 2 aromatic carbocycles. The highest BCUT2D eigenvalue weighted by Crippen LogP contribution is 2.29. The maximum Gasteiger partial charge on any atom is 0.262 e. The number of nitrogens with one attached hydrogen (secondary N) is 1. The van der Waals surface area contributed by atoms with Crippen molar-refractivity contribution in [3.8, 4) is 0 Å². The molecule has 3 N–H and O–H groups in total. The lowest BCUT2D eigenvalue weighted by Crippen LogP contribution is -2.15. The second-order valence-corrected chi connectivity index (χ2v) is 7.14. The SMILES string of the molecule is Cc1c(N)cccc1S(=O)(=O)Nc1cc(Cl)ccc1Br. The van der Waals surface area contributed by atoms with Crippen LogP contribution in [0.3, 0.4) is 0 Å². The minimum absolute atomic E-state index is 0.143. The van der Waals surface area contributed by atoms with Crippen LogP contribution in [-0.4, -0.2) is 8.42 Å². The van der Waals surface area contributed by atoms with Crippen LogP contribution in [0.15, 0.2) is 45.8 Å².